The number of carbonyl (C=O) groups excluding carboxylic acids is 1. The van der Waals surface area contributed by atoms with Gasteiger partial charge in [0.25, 0.3) is 5.91 Å². The number of nitrogen functional groups attached to an aromatic ring is 1. The standard InChI is InChI=1S/C21H16F3N7O/c22-11-6-13(17(24)15(23)7-11)20(32)31-9-12(5-10-3-1-2-4-16(10)31)27-18-14-8-26-30-19(14)29-21(25)28-18/h1-4,6-8,12H,5,9H2,(H4,25,26,27,28,29,30). The maximum atomic E-state index is 14.3. The Kier molecular flexibility index (Phi) is 4.65. The molecule has 0 saturated heterocycles. The van der Waals surface area contributed by atoms with Crippen molar-refractivity contribution in [3.63, 3.8) is 0 Å². The van der Waals surface area contributed by atoms with Crippen LogP contribution in [0.15, 0.2) is 42.6 Å². The van der Waals surface area contributed by atoms with Crippen LogP contribution in [0.3, 0.4) is 0 Å². The molecule has 3 heterocycles. The number of aromatic nitrogens is 4. The van der Waals surface area contributed by atoms with Gasteiger partial charge in [0.05, 0.1) is 17.1 Å². The molecule has 0 fully saturated rings. The van der Waals surface area contributed by atoms with E-state index < -0.39 is 28.9 Å². The maximum Gasteiger partial charge on any atom is 0.261 e. The van der Waals surface area contributed by atoms with Crippen LogP contribution in [0.1, 0.15) is 15.9 Å². The topological polar surface area (TPSA) is 113 Å². The molecular formula is C21H16F3N7O. The van der Waals surface area contributed by atoms with Crippen LogP contribution in [0.5, 0.6) is 0 Å². The summed E-state index contributed by atoms with van der Waals surface area (Å²) in [7, 11) is 0. The molecule has 0 aliphatic carbocycles. The fraction of sp³-hybridized carbons (Fsp3) is 0.143. The number of hydrogen-bond donors (Lipinski definition) is 3. The minimum atomic E-state index is -1.42. The molecule has 162 valence electrons. The van der Waals surface area contributed by atoms with Gasteiger partial charge in [0.2, 0.25) is 5.95 Å². The zero-order chi connectivity index (χ0) is 22.4. The summed E-state index contributed by atoms with van der Waals surface area (Å²) in [5.41, 5.74) is 6.88. The Bertz CT molecular complexity index is 1360. The minimum absolute atomic E-state index is 0.0331. The van der Waals surface area contributed by atoms with Crippen LogP contribution in [0.4, 0.5) is 30.6 Å². The molecule has 1 aliphatic heterocycles. The van der Waals surface area contributed by atoms with Crippen LogP contribution >= 0.6 is 0 Å². The number of nitrogens with two attached hydrogens (primary N) is 1. The number of H-pyrrole nitrogens is 1. The Labute approximate surface area is 179 Å². The van der Waals surface area contributed by atoms with Crippen molar-refractivity contribution in [3.05, 3.63) is 71.2 Å². The molecule has 1 aliphatic rings. The van der Waals surface area contributed by atoms with E-state index in [0.717, 1.165) is 5.56 Å². The monoisotopic (exact) mass is 439 g/mol. The molecule has 2 aromatic heterocycles. The van der Waals surface area contributed by atoms with Gasteiger partial charge >= 0.3 is 0 Å². The zero-order valence-corrected chi connectivity index (χ0v) is 16.4. The van der Waals surface area contributed by atoms with Gasteiger partial charge in [0, 0.05) is 24.3 Å². The average Bonchev–Trinajstić information content (AvgIpc) is 3.24. The van der Waals surface area contributed by atoms with Gasteiger partial charge in [-0.15, -0.1) is 0 Å². The summed E-state index contributed by atoms with van der Waals surface area (Å²) in [5.74, 6) is -4.26. The van der Waals surface area contributed by atoms with Crippen molar-refractivity contribution < 1.29 is 18.0 Å². The molecule has 0 bridgehead atoms. The van der Waals surface area contributed by atoms with E-state index in [4.69, 9.17) is 5.73 Å². The second kappa shape index (κ2) is 7.52. The molecule has 0 spiro atoms. The van der Waals surface area contributed by atoms with Gasteiger partial charge in [0.1, 0.15) is 11.6 Å². The lowest BCUT2D eigenvalue weighted by molar-refractivity contribution is 0.0978. The smallest absolute Gasteiger partial charge is 0.261 e. The van der Waals surface area contributed by atoms with Crippen molar-refractivity contribution in [2.75, 3.05) is 22.5 Å². The highest BCUT2D eigenvalue weighted by Crippen LogP contribution is 2.31. The molecule has 2 aromatic carbocycles. The van der Waals surface area contributed by atoms with E-state index in [-0.39, 0.29) is 18.5 Å². The summed E-state index contributed by atoms with van der Waals surface area (Å²) in [6.45, 7) is 0.0939. The summed E-state index contributed by atoms with van der Waals surface area (Å²) in [4.78, 5) is 22.8. The number of hydrogen-bond acceptors (Lipinski definition) is 6. The van der Waals surface area contributed by atoms with E-state index in [2.05, 4.69) is 25.5 Å². The van der Waals surface area contributed by atoms with E-state index in [1.54, 1.807) is 18.3 Å². The number of fused-ring (bicyclic) bond motifs is 2. The largest absolute Gasteiger partial charge is 0.368 e. The maximum absolute atomic E-state index is 14.3. The molecule has 1 amide bonds. The van der Waals surface area contributed by atoms with Crippen LogP contribution < -0.4 is 16.0 Å². The highest BCUT2D eigenvalue weighted by molar-refractivity contribution is 6.07. The van der Waals surface area contributed by atoms with E-state index >= 15 is 0 Å². The van der Waals surface area contributed by atoms with Crippen LogP contribution in [0.25, 0.3) is 11.0 Å². The Morgan fingerprint density at radius 2 is 2.00 bits per heavy atom. The number of amides is 1. The number of carbonyl (C=O) groups is 1. The molecule has 5 rings (SSSR count). The summed E-state index contributed by atoms with van der Waals surface area (Å²) in [6, 6.07) is 7.81. The molecule has 4 aromatic rings. The van der Waals surface area contributed by atoms with Gasteiger partial charge in [-0.2, -0.15) is 15.1 Å². The Balaban J connectivity index is 1.52. The lowest BCUT2D eigenvalue weighted by atomic mass is 9.96. The van der Waals surface area contributed by atoms with Crippen molar-refractivity contribution in [3.8, 4) is 0 Å². The van der Waals surface area contributed by atoms with Crippen LogP contribution in [0, 0.1) is 17.5 Å². The Morgan fingerprint density at radius 1 is 1.19 bits per heavy atom. The first-order valence-corrected chi connectivity index (χ1v) is 9.68. The molecule has 8 nitrogen and oxygen atoms in total. The normalized spacial score (nSPS) is 15.6. The number of aromatic amines is 1. The van der Waals surface area contributed by atoms with E-state index in [9.17, 15) is 18.0 Å². The molecule has 1 unspecified atom stereocenters. The van der Waals surface area contributed by atoms with E-state index in [1.165, 1.54) is 4.90 Å². The molecule has 11 heteroatoms. The highest BCUT2D eigenvalue weighted by Gasteiger charge is 2.32. The molecule has 32 heavy (non-hydrogen) atoms. The summed E-state index contributed by atoms with van der Waals surface area (Å²) >= 11 is 0. The number of halogens is 3. The quantitative estimate of drug-likeness (QED) is 0.423. The fourth-order valence-corrected chi connectivity index (χ4v) is 3.90. The highest BCUT2D eigenvalue weighted by atomic mass is 19.2. The Morgan fingerprint density at radius 3 is 2.84 bits per heavy atom. The molecule has 0 saturated carbocycles. The number of nitrogens with one attached hydrogen (secondary N) is 2. The molecule has 4 N–H and O–H groups in total. The average molecular weight is 439 g/mol. The van der Waals surface area contributed by atoms with Crippen LogP contribution in [-0.4, -0.2) is 38.7 Å². The molecule has 0 radical (unpaired) electrons. The number of para-hydroxylation sites is 1. The third-order valence-corrected chi connectivity index (χ3v) is 5.29. The number of nitrogens with zero attached hydrogens (tertiary/aromatic N) is 4. The van der Waals surface area contributed by atoms with E-state index in [1.807, 2.05) is 12.1 Å². The third kappa shape index (κ3) is 3.37. The lowest BCUT2D eigenvalue weighted by Crippen LogP contribution is -2.46. The van der Waals surface area contributed by atoms with Gasteiger partial charge in [-0.05, 0) is 24.1 Å². The zero-order valence-electron chi connectivity index (χ0n) is 16.4. The van der Waals surface area contributed by atoms with Crippen molar-refractivity contribution in [2.45, 2.75) is 12.5 Å². The summed E-state index contributed by atoms with van der Waals surface area (Å²) < 4.78 is 41.8. The second-order valence-corrected chi connectivity index (χ2v) is 7.40. The third-order valence-electron chi connectivity index (χ3n) is 5.29. The first kappa shape index (κ1) is 19.8. The summed E-state index contributed by atoms with van der Waals surface area (Å²) in [5, 5.41) is 10.5. The van der Waals surface area contributed by atoms with E-state index in [0.29, 0.717) is 41.1 Å². The van der Waals surface area contributed by atoms with Crippen LogP contribution in [0.2, 0.25) is 0 Å². The van der Waals surface area contributed by atoms with Gasteiger partial charge in [-0.3, -0.25) is 9.89 Å². The summed E-state index contributed by atoms with van der Waals surface area (Å²) in [6.07, 6.45) is 2.06. The molecule has 1 atom stereocenters. The number of benzene rings is 2. The van der Waals surface area contributed by atoms with Crippen molar-refractivity contribution in [1.29, 1.82) is 0 Å². The second-order valence-electron chi connectivity index (χ2n) is 7.40. The van der Waals surface area contributed by atoms with Gasteiger partial charge in [-0.1, -0.05) is 18.2 Å². The number of anilines is 3. The fourth-order valence-electron chi connectivity index (χ4n) is 3.90. The first-order valence-electron chi connectivity index (χ1n) is 9.68. The van der Waals surface area contributed by atoms with Crippen molar-refractivity contribution in [1.82, 2.24) is 20.2 Å². The predicted molar refractivity (Wildman–Crippen MR) is 112 cm³/mol. The van der Waals surface area contributed by atoms with Gasteiger partial charge < -0.3 is 16.0 Å². The SMILES string of the molecule is Nc1nc(NC2Cc3ccccc3N(C(=O)c3cc(F)cc(F)c3F)C2)c2cn[nH]c2n1. The number of rotatable bonds is 3. The van der Waals surface area contributed by atoms with Crippen LogP contribution in [-0.2, 0) is 6.42 Å². The molecular weight excluding hydrogens is 423 g/mol. The lowest BCUT2D eigenvalue weighted by Gasteiger charge is -2.35. The first-order chi connectivity index (χ1) is 15.4. The predicted octanol–water partition coefficient (Wildman–Crippen LogP) is 3.04. The van der Waals surface area contributed by atoms with Gasteiger partial charge in [0.15, 0.2) is 17.3 Å². The Hall–Kier alpha value is -4.15. The van der Waals surface area contributed by atoms with Gasteiger partial charge in [-0.25, -0.2) is 13.2 Å². The minimum Gasteiger partial charge on any atom is -0.368 e. The van der Waals surface area contributed by atoms with Crippen molar-refractivity contribution in [2.24, 2.45) is 0 Å². The van der Waals surface area contributed by atoms with Crippen molar-refractivity contribution >= 4 is 34.4 Å².